The second kappa shape index (κ2) is 11.0. The molecule has 1 fully saturated rings. The summed E-state index contributed by atoms with van der Waals surface area (Å²) in [6.07, 6.45) is 1.05. The van der Waals surface area contributed by atoms with Crippen molar-refractivity contribution >= 4 is 33.4 Å². The lowest BCUT2D eigenvalue weighted by Gasteiger charge is -2.34. The van der Waals surface area contributed by atoms with Crippen LogP contribution in [0.1, 0.15) is 22.6 Å². The van der Waals surface area contributed by atoms with Crippen LogP contribution in [0.4, 0.5) is 5.82 Å². The first-order valence-corrected chi connectivity index (χ1v) is 12.7. The Kier molecular flexibility index (Phi) is 7.39. The molecule has 1 aromatic heterocycles. The average Bonchev–Trinajstić information content (AvgIpc) is 2.90. The fraction of sp³-hybridized carbons (Fsp3) is 0.345. The lowest BCUT2D eigenvalue weighted by molar-refractivity contribution is 0.0626. The Bertz CT molecular complexity index is 1350. The van der Waals surface area contributed by atoms with E-state index in [1.807, 2.05) is 53.4 Å². The van der Waals surface area contributed by atoms with Gasteiger partial charge in [-0.15, -0.1) is 0 Å². The molecule has 1 N–H and O–H groups in total. The molecule has 1 saturated heterocycles. The molecule has 0 radical (unpaired) electrons. The average molecular weight is 483 g/mol. The monoisotopic (exact) mass is 482 g/mol. The van der Waals surface area contributed by atoms with Crippen LogP contribution >= 0.6 is 0 Å². The van der Waals surface area contributed by atoms with Crippen LogP contribution in [-0.2, 0) is 6.54 Å². The first-order valence-electron chi connectivity index (χ1n) is 12.7. The second-order valence-electron chi connectivity index (χ2n) is 9.72. The second-order valence-corrected chi connectivity index (χ2v) is 9.72. The van der Waals surface area contributed by atoms with E-state index in [0.717, 1.165) is 71.5 Å². The zero-order chi connectivity index (χ0) is 24.9. The van der Waals surface area contributed by atoms with Crippen LogP contribution in [-0.4, -0.2) is 83.9 Å². The van der Waals surface area contributed by atoms with Gasteiger partial charge in [-0.05, 0) is 62.1 Å². The zero-order valence-electron chi connectivity index (χ0n) is 21.2. The Labute approximate surface area is 212 Å². The van der Waals surface area contributed by atoms with Crippen molar-refractivity contribution in [3.05, 3.63) is 78.1 Å². The summed E-state index contributed by atoms with van der Waals surface area (Å²) in [6.45, 7) is 5.60. The molecule has 4 aromatic rings. The summed E-state index contributed by atoms with van der Waals surface area (Å²) in [6, 6.07) is 22.3. The van der Waals surface area contributed by atoms with Gasteiger partial charge in [0.05, 0.1) is 12.1 Å². The number of anilines is 1. The number of carbonyl (C=O) groups excluding carboxylic acids is 1. The van der Waals surface area contributed by atoms with Gasteiger partial charge >= 0.3 is 0 Å². The molecule has 0 saturated carbocycles. The Balaban J connectivity index is 1.22. The first kappa shape index (κ1) is 24.2. The molecule has 0 bridgehead atoms. The third-order valence-corrected chi connectivity index (χ3v) is 6.75. The Morgan fingerprint density at radius 1 is 0.917 bits per heavy atom. The van der Waals surface area contributed by atoms with Crippen molar-refractivity contribution in [2.45, 2.75) is 13.0 Å². The molecule has 7 heteroatoms. The number of hydrogen-bond donors (Lipinski definition) is 1. The molecule has 186 valence electrons. The van der Waals surface area contributed by atoms with E-state index in [-0.39, 0.29) is 5.91 Å². The molecule has 7 nitrogen and oxygen atoms in total. The van der Waals surface area contributed by atoms with Gasteiger partial charge in [-0.3, -0.25) is 9.69 Å². The van der Waals surface area contributed by atoms with E-state index in [0.29, 0.717) is 19.6 Å². The molecule has 1 amide bonds. The van der Waals surface area contributed by atoms with Gasteiger partial charge in [0.15, 0.2) is 0 Å². The number of para-hydroxylation sites is 1. The van der Waals surface area contributed by atoms with E-state index in [1.54, 1.807) is 0 Å². The number of carbonyl (C=O) groups is 1. The normalized spacial score (nSPS) is 14.6. The van der Waals surface area contributed by atoms with Crippen molar-refractivity contribution in [1.82, 2.24) is 24.7 Å². The van der Waals surface area contributed by atoms with Gasteiger partial charge in [-0.25, -0.2) is 9.97 Å². The molecule has 0 atom stereocenters. The van der Waals surface area contributed by atoms with Gasteiger partial charge < -0.3 is 15.1 Å². The van der Waals surface area contributed by atoms with Gasteiger partial charge in [0.1, 0.15) is 11.6 Å². The molecule has 3 aromatic carbocycles. The standard InChI is InChI=1S/C29H34N6O/c1-33(2)15-7-14-30-28-25-10-5-6-11-26(25)31-27(32-28)21-34-16-18-35(19-17-34)29(36)24-13-12-22-8-3-4-9-23(22)20-24/h3-6,8-13,20H,7,14-19,21H2,1-2H3,(H,30,31,32). The number of nitrogens with one attached hydrogen (secondary N) is 1. The van der Waals surface area contributed by atoms with Gasteiger partial charge in [-0.2, -0.15) is 0 Å². The molecule has 0 unspecified atom stereocenters. The summed E-state index contributed by atoms with van der Waals surface area (Å²) >= 11 is 0. The van der Waals surface area contributed by atoms with Crippen LogP contribution in [0, 0.1) is 0 Å². The maximum Gasteiger partial charge on any atom is 0.253 e. The maximum atomic E-state index is 13.1. The minimum Gasteiger partial charge on any atom is -0.369 e. The van der Waals surface area contributed by atoms with E-state index in [1.165, 1.54) is 0 Å². The summed E-state index contributed by atoms with van der Waals surface area (Å²) in [5.74, 6) is 1.82. The highest BCUT2D eigenvalue weighted by Gasteiger charge is 2.23. The van der Waals surface area contributed by atoms with Crippen LogP contribution in [0.5, 0.6) is 0 Å². The van der Waals surface area contributed by atoms with E-state index in [9.17, 15) is 4.79 Å². The number of rotatable bonds is 8. The van der Waals surface area contributed by atoms with Crippen molar-refractivity contribution < 1.29 is 4.79 Å². The van der Waals surface area contributed by atoms with Crippen molar-refractivity contribution in [1.29, 1.82) is 0 Å². The number of fused-ring (bicyclic) bond motifs is 2. The lowest BCUT2D eigenvalue weighted by atomic mass is 10.1. The molecular formula is C29H34N6O. The Hall–Kier alpha value is -3.55. The Morgan fingerprint density at radius 2 is 1.67 bits per heavy atom. The molecular weight excluding hydrogens is 448 g/mol. The fourth-order valence-corrected chi connectivity index (χ4v) is 4.75. The van der Waals surface area contributed by atoms with Gasteiger partial charge in [0.25, 0.3) is 5.91 Å². The van der Waals surface area contributed by atoms with Gasteiger partial charge in [0, 0.05) is 43.7 Å². The summed E-state index contributed by atoms with van der Waals surface area (Å²) < 4.78 is 0. The molecule has 5 rings (SSSR count). The largest absolute Gasteiger partial charge is 0.369 e. The zero-order valence-corrected chi connectivity index (χ0v) is 21.2. The third-order valence-electron chi connectivity index (χ3n) is 6.75. The van der Waals surface area contributed by atoms with Crippen LogP contribution in [0.2, 0.25) is 0 Å². The van der Waals surface area contributed by atoms with E-state index in [2.05, 4.69) is 47.4 Å². The fourth-order valence-electron chi connectivity index (χ4n) is 4.75. The summed E-state index contributed by atoms with van der Waals surface area (Å²) in [7, 11) is 4.18. The van der Waals surface area contributed by atoms with Crippen LogP contribution in [0.25, 0.3) is 21.7 Å². The molecule has 1 aliphatic heterocycles. The van der Waals surface area contributed by atoms with E-state index in [4.69, 9.17) is 9.97 Å². The maximum absolute atomic E-state index is 13.1. The molecule has 0 spiro atoms. The summed E-state index contributed by atoms with van der Waals surface area (Å²) in [5.41, 5.74) is 1.72. The number of nitrogens with zero attached hydrogens (tertiary/aromatic N) is 5. The van der Waals surface area contributed by atoms with Crippen LogP contribution in [0.3, 0.4) is 0 Å². The Morgan fingerprint density at radius 3 is 2.47 bits per heavy atom. The van der Waals surface area contributed by atoms with Gasteiger partial charge in [0.2, 0.25) is 0 Å². The van der Waals surface area contributed by atoms with Gasteiger partial charge in [-0.1, -0.05) is 42.5 Å². The first-order chi connectivity index (χ1) is 17.6. The smallest absolute Gasteiger partial charge is 0.253 e. The highest BCUT2D eigenvalue weighted by atomic mass is 16.2. The van der Waals surface area contributed by atoms with Crippen molar-refractivity contribution in [2.24, 2.45) is 0 Å². The van der Waals surface area contributed by atoms with Crippen LogP contribution < -0.4 is 5.32 Å². The number of piperazine rings is 1. The minimum atomic E-state index is 0.103. The highest BCUT2D eigenvalue weighted by Crippen LogP contribution is 2.22. The SMILES string of the molecule is CN(C)CCCNc1nc(CN2CCN(C(=O)c3ccc4ccccc4c3)CC2)nc2ccccc12. The number of benzene rings is 3. The molecule has 36 heavy (non-hydrogen) atoms. The van der Waals surface area contributed by atoms with Crippen molar-refractivity contribution in [3.8, 4) is 0 Å². The molecule has 2 heterocycles. The van der Waals surface area contributed by atoms with Crippen LogP contribution in [0.15, 0.2) is 66.7 Å². The third kappa shape index (κ3) is 5.64. The highest BCUT2D eigenvalue weighted by molar-refractivity contribution is 5.98. The number of hydrogen-bond acceptors (Lipinski definition) is 6. The quantitative estimate of drug-likeness (QED) is 0.382. The van der Waals surface area contributed by atoms with Crippen molar-refractivity contribution in [2.75, 3.05) is 58.7 Å². The molecule has 0 aliphatic carbocycles. The summed E-state index contributed by atoms with van der Waals surface area (Å²) in [5, 5.41) is 6.83. The van der Waals surface area contributed by atoms with Crippen molar-refractivity contribution in [3.63, 3.8) is 0 Å². The van der Waals surface area contributed by atoms with E-state index < -0.39 is 0 Å². The number of amides is 1. The number of aromatic nitrogens is 2. The summed E-state index contributed by atoms with van der Waals surface area (Å²) in [4.78, 5) is 29.3. The molecule has 1 aliphatic rings. The topological polar surface area (TPSA) is 64.6 Å². The lowest BCUT2D eigenvalue weighted by Crippen LogP contribution is -2.48. The minimum absolute atomic E-state index is 0.103. The predicted molar refractivity (Wildman–Crippen MR) is 146 cm³/mol. The van der Waals surface area contributed by atoms with E-state index >= 15 is 0 Å². The predicted octanol–water partition coefficient (Wildman–Crippen LogP) is 4.10.